The smallest absolute Gasteiger partial charge is 0.185 e. The van der Waals surface area contributed by atoms with Gasteiger partial charge in [-0.25, -0.2) is 0 Å². The van der Waals surface area contributed by atoms with Gasteiger partial charge < -0.3 is 14.0 Å². The molecule has 0 radical (unpaired) electrons. The van der Waals surface area contributed by atoms with E-state index in [2.05, 4.69) is 52.4 Å². The highest BCUT2D eigenvalue weighted by molar-refractivity contribution is 7.86. The summed E-state index contributed by atoms with van der Waals surface area (Å²) in [7, 11) is -3.62. The Kier molecular flexibility index (Phi) is 6.46. The summed E-state index contributed by atoms with van der Waals surface area (Å²) in [5.41, 5.74) is 9.06. The molecule has 7 aromatic rings. The van der Waals surface area contributed by atoms with Gasteiger partial charge in [-0.3, -0.25) is 9.97 Å². The van der Waals surface area contributed by atoms with Crippen LogP contribution in [0.15, 0.2) is 140 Å². The third kappa shape index (κ3) is 4.28. The second-order valence-corrected chi connectivity index (χ2v) is 15.0. The fraction of sp³-hybridized carbons (Fsp3) is 0.0476. The number of hydrogen-bond donors (Lipinski definition) is 0. The number of aromatic nitrogens is 2. The highest BCUT2D eigenvalue weighted by atomic mass is 31.2. The number of ether oxygens (including phenoxy) is 2. The Morgan fingerprint density at radius 3 is 1.35 bits per heavy atom. The lowest BCUT2D eigenvalue weighted by Gasteiger charge is -2.38. The number of para-hydroxylation sites is 2. The fourth-order valence-electron chi connectivity index (χ4n) is 6.98. The van der Waals surface area contributed by atoms with E-state index >= 15 is 4.57 Å². The van der Waals surface area contributed by atoms with Gasteiger partial charge in [-0.15, -0.1) is 0 Å². The molecule has 0 fully saturated rings. The first-order valence-corrected chi connectivity index (χ1v) is 17.6. The Labute approximate surface area is 278 Å². The molecule has 2 aliphatic rings. The minimum absolute atomic E-state index is 0.525. The molecule has 0 N–H and O–H groups in total. The second kappa shape index (κ2) is 10.9. The Hall–Kier alpha value is -5.77. The van der Waals surface area contributed by atoms with Crippen molar-refractivity contribution in [1.29, 1.82) is 0 Å². The van der Waals surface area contributed by atoms with Crippen LogP contribution in [0.5, 0.6) is 23.0 Å². The molecule has 0 aliphatic carbocycles. The maximum atomic E-state index is 16.6. The molecule has 230 valence electrons. The Morgan fingerprint density at radius 2 is 0.917 bits per heavy atom. The first-order valence-electron chi connectivity index (χ1n) is 15.9. The summed E-state index contributed by atoms with van der Waals surface area (Å²) in [5.74, 6) is 2.24. The van der Waals surface area contributed by atoms with Gasteiger partial charge in [0.05, 0.1) is 10.6 Å². The Bertz CT molecular complexity index is 2290. The van der Waals surface area contributed by atoms with Crippen LogP contribution < -0.4 is 25.4 Å². The molecule has 4 heterocycles. The van der Waals surface area contributed by atoms with E-state index in [4.69, 9.17) is 9.47 Å². The van der Waals surface area contributed by atoms with E-state index in [-0.39, 0.29) is 0 Å². The highest BCUT2D eigenvalue weighted by Crippen LogP contribution is 2.63. The molecule has 0 saturated heterocycles. The first-order chi connectivity index (χ1) is 23.5. The van der Waals surface area contributed by atoms with Crippen molar-refractivity contribution in [2.24, 2.45) is 0 Å². The number of rotatable bonds is 4. The summed E-state index contributed by atoms with van der Waals surface area (Å²) in [5, 5.41) is 1.87. The molecule has 9 rings (SSSR count). The number of nitrogens with zero attached hydrogens (tertiary/aromatic N) is 2. The topological polar surface area (TPSA) is 61.3 Å². The van der Waals surface area contributed by atoms with Gasteiger partial charge in [0.25, 0.3) is 0 Å². The van der Waals surface area contributed by atoms with E-state index in [0.717, 1.165) is 55.6 Å². The summed E-state index contributed by atoms with van der Waals surface area (Å²) in [6.07, 6.45) is 7.33. The van der Waals surface area contributed by atoms with Gasteiger partial charge in [0.15, 0.2) is 18.6 Å². The zero-order valence-electron chi connectivity index (χ0n) is 26.3. The van der Waals surface area contributed by atoms with Crippen molar-refractivity contribution in [3.05, 3.63) is 151 Å². The summed E-state index contributed by atoms with van der Waals surface area (Å²) in [6, 6.07) is 38.4. The number of hydrogen-bond acceptors (Lipinski definition) is 5. The average Bonchev–Trinajstić information content (AvgIpc) is 3.12. The normalized spacial score (nSPS) is 13.4. The summed E-state index contributed by atoms with van der Waals surface area (Å²) < 4.78 is 30.7. The SMILES string of the molecule is Cc1cncc(-c2cc(-c3cncc(C)c3)c3c4c2Oc2c(-c5ccccc5)cccc2P4(=O)c2cccc(-c4ccccc4)c2O3)c1. The van der Waals surface area contributed by atoms with E-state index < -0.39 is 7.14 Å². The minimum atomic E-state index is -3.62. The fourth-order valence-corrected chi connectivity index (χ4v) is 10.1. The number of aryl methyl sites for hydroxylation is 2. The van der Waals surface area contributed by atoms with Crippen molar-refractivity contribution in [3.63, 3.8) is 0 Å². The van der Waals surface area contributed by atoms with Crippen LogP contribution in [0.4, 0.5) is 0 Å². The molecule has 5 aromatic carbocycles. The lowest BCUT2D eigenvalue weighted by atomic mass is 9.96. The maximum Gasteiger partial charge on any atom is 0.185 e. The van der Waals surface area contributed by atoms with Crippen molar-refractivity contribution >= 4 is 23.1 Å². The Morgan fingerprint density at radius 1 is 0.458 bits per heavy atom. The molecular formula is C42H29N2O3P. The minimum Gasteiger partial charge on any atom is -0.454 e. The summed E-state index contributed by atoms with van der Waals surface area (Å²) in [6.45, 7) is 4.04. The predicted octanol–water partition coefficient (Wildman–Crippen LogP) is 9.61. The number of pyridine rings is 2. The van der Waals surface area contributed by atoms with Crippen molar-refractivity contribution < 1.29 is 14.0 Å². The zero-order chi connectivity index (χ0) is 32.4. The lowest BCUT2D eigenvalue weighted by molar-refractivity contribution is 0.465. The molecular weight excluding hydrogens is 611 g/mol. The van der Waals surface area contributed by atoms with Gasteiger partial charge in [0.2, 0.25) is 0 Å². The molecule has 0 bridgehead atoms. The molecule has 0 saturated carbocycles. The van der Waals surface area contributed by atoms with Crippen LogP contribution in [0.25, 0.3) is 44.5 Å². The van der Waals surface area contributed by atoms with Gasteiger partial charge in [0.1, 0.15) is 16.8 Å². The molecule has 6 heteroatoms. The third-order valence-electron chi connectivity index (χ3n) is 9.14. The van der Waals surface area contributed by atoms with Gasteiger partial charge >= 0.3 is 0 Å². The van der Waals surface area contributed by atoms with Gasteiger partial charge in [-0.2, -0.15) is 0 Å². The van der Waals surface area contributed by atoms with Crippen molar-refractivity contribution in [2.75, 3.05) is 0 Å². The van der Waals surface area contributed by atoms with Crippen molar-refractivity contribution in [3.8, 4) is 67.5 Å². The zero-order valence-corrected chi connectivity index (χ0v) is 27.2. The van der Waals surface area contributed by atoms with Crippen LogP contribution in [0, 0.1) is 13.8 Å². The molecule has 0 atom stereocenters. The Balaban J connectivity index is 1.44. The van der Waals surface area contributed by atoms with E-state index in [1.54, 1.807) is 0 Å². The quantitative estimate of drug-likeness (QED) is 0.179. The van der Waals surface area contributed by atoms with Gasteiger partial charge in [0, 0.05) is 58.2 Å². The second-order valence-electron chi connectivity index (χ2n) is 12.3. The summed E-state index contributed by atoms with van der Waals surface area (Å²) >= 11 is 0. The molecule has 0 amide bonds. The molecule has 2 aromatic heterocycles. The molecule has 48 heavy (non-hydrogen) atoms. The van der Waals surface area contributed by atoms with E-state index in [1.165, 1.54) is 0 Å². The van der Waals surface area contributed by atoms with Crippen LogP contribution in [-0.2, 0) is 4.57 Å². The molecule has 2 aliphatic heterocycles. The lowest BCUT2D eigenvalue weighted by Crippen LogP contribution is -2.36. The van der Waals surface area contributed by atoms with Crippen molar-refractivity contribution in [1.82, 2.24) is 9.97 Å². The van der Waals surface area contributed by atoms with E-state index in [1.807, 2.05) is 111 Å². The van der Waals surface area contributed by atoms with E-state index in [9.17, 15) is 0 Å². The van der Waals surface area contributed by atoms with Crippen molar-refractivity contribution in [2.45, 2.75) is 13.8 Å². The highest BCUT2D eigenvalue weighted by Gasteiger charge is 2.49. The van der Waals surface area contributed by atoms with E-state index in [0.29, 0.717) is 38.9 Å². The summed E-state index contributed by atoms with van der Waals surface area (Å²) in [4.78, 5) is 9.08. The molecule has 0 unspecified atom stereocenters. The number of fused-ring (bicyclic) bond motifs is 4. The van der Waals surface area contributed by atoms with Crippen LogP contribution in [0.2, 0.25) is 0 Å². The maximum absolute atomic E-state index is 16.6. The monoisotopic (exact) mass is 640 g/mol. The number of benzene rings is 5. The van der Waals surface area contributed by atoms with Gasteiger partial charge in [-0.1, -0.05) is 84.9 Å². The van der Waals surface area contributed by atoms with Crippen LogP contribution in [0.1, 0.15) is 11.1 Å². The molecule has 0 spiro atoms. The third-order valence-corrected chi connectivity index (χ3v) is 12.2. The average molecular weight is 641 g/mol. The first kappa shape index (κ1) is 28.5. The van der Waals surface area contributed by atoms with Crippen LogP contribution in [-0.4, -0.2) is 9.97 Å². The van der Waals surface area contributed by atoms with Crippen LogP contribution >= 0.6 is 7.14 Å². The largest absolute Gasteiger partial charge is 0.454 e. The van der Waals surface area contributed by atoms with Gasteiger partial charge in [-0.05, 0) is 66.4 Å². The van der Waals surface area contributed by atoms with Crippen LogP contribution in [0.3, 0.4) is 0 Å². The predicted molar refractivity (Wildman–Crippen MR) is 193 cm³/mol. The molecule has 5 nitrogen and oxygen atoms in total. The standard InChI is InChI=1S/C42H29N2O3P/c1-26-19-30(24-43-22-26)34-21-35(31-20-27(2)23-44-25-31)41-42-40(34)46-38-32(28-11-5-3-6-12-28)15-9-17-36(38)48(42,45)37-18-10-16-33(39(37)47-41)29-13-7-4-8-14-29/h3-25H,1-2H3.